The number of benzene rings is 2. The summed E-state index contributed by atoms with van der Waals surface area (Å²) in [6.45, 7) is 0.257. The fraction of sp³-hybridized carbons (Fsp3) is 0.222. The van der Waals surface area contributed by atoms with Crippen LogP contribution in [0.4, 0.5) is 10.1 Å². The van der Waals surface area contributed by atoms with Gasteiger partial charge in [-0.1, -0.05) is 18.2 Å². The van der Waals surface area contributed by atoms with Crippen LogP contribution in [-0.4, -0.2) is 31.0 Å². The fourth-order valence-electron chi connectivity index (χ4n) is 2.61. The van der Waals surface area contributed by atoms with Gasteiger partial charge in [-0.25, -0.2) is 4.39 Å². The summed E-state index contributed by atoms with van der Waals surface area (Å²) in [5.41, 5.74) is 0.624. The first kappa shape index (κ1) is 16.0. The van der Waals surface area contributed by atoms with E-state index in [1.807, 2.05) is 18.2 Å². The maximum atomic E-state index is 13.0. The van der Waals surface area contributed by atoms with Gasteiger partial charge in [0.25, 0.3) is 5.91 Å². The van der Waals surface area contributed by atoms with Crippen molar-refractivity contribution in [1.29, 1.82) is 0 Å². The van der Waals surface area contributed by atoms with Crippen LogP contribution >= 0.6 is 0 Å². The van der Waals surface area contributed by atoms with Crippen molar-refractivity contribution < 1.29 is 18.7 Å². The predicted octanol–water partition coefficient (Wildman–Crippen LogP) is 2.13. The number of carbonyl (C=O) groups excluding carboxylic acids is 2. The van der Waals surface area contributed by atoms with E-state index in [2.05, 4.69) is 5.32 Å². The van der Waals surface area contributed by atoms with Crippen LogP contribution in [0.15, 0.2) is 54.6 Å². The second-order valence-electron chi connectivity index (χ2n) is 5.55. The molecule has 0 saturated carbocycles. The van der Waals surface area contributed by atoms with Crippen molar-refractivity contribution in [2.75, 3.05) is 18.1 Å². The van der Waals surface area contributed by atoms with E-state index in [-0.39, 0.29) is 36.7 Å². The third-order valence-corrected chi connectivity index (χ3v) is 3.74. The molecular weight excluding hydrogens is 311 g/mol. The number of nitrogens with one attached hydrogen (secondary N) is 1. The number of rotatable bonds is 5. The Hall–Kier alpha value is -2.89. The van der Waals surface area contributed by atoms with E-state index in [0.29, 0.717) is 18.0 Å². The number of ether oxygens (including phenoxy) is 1. The Labute approximate surface area is 139 Å². The number of halogens is 1. The summed E-state index contributed by atoms with van der Waals surface area (Å²) in [6.07, 6.45) is 0.217. The largest absolute Gasteiger partial charge is 0.484 e. The maximum absolute atomic E-state index is 13.0. The zero-order valence-corrected chi connectivity index (χ0v) is 12.9. The Morgan fingerprint density at radius 3 is 2.58 bits per heavy atom. The molecule has 124 valence electrons. The normalized spacial score (nSPS) is 17.0. The summed E-state index contributed by atoms with van der Waals surface area (Å²) in [4.78, 5) is 25.6. The molecule has 2 aromatic carbocycles. The first-order valence-corrected chi connectivity index (χ1v) is 7.65. The minimum atomic E-state index is -0.353. The van der Waals surface area contributed by atoms with Gasteiger partial charge in [0, 0.05) is 18.7 Å². The molecule has 1 atom stereocenters. The van der Waals surface area contributed by atoms with Crippen LogP contribution in [0.2, 0.25) is 0 Å². The van der Waals surface area contributed by atoms with Gasteiger partial charge in [-0.2, -0.15) is 0 Å². The number of hydrogen-bond donors (Lipinski definition) is 1. The smallest absolute Gasteiger partial charge is 0.258 e. The Balaban J connectivity index is 1.52. The summed E-state index contributed by atoms with van der Waals surface area (Å²) in [6, 6.07) is 14.5. The molecule has 0 aliphatic carbocycles. The van der Waals surface area contributed by atoms with Gasteiger partial charge in [-0.15, -0.1) is 0 Å². The summed E-state index contributed by atoms with van der Waals surface area (Å²) in [5, 5.41) is 2.79. The summed E-state index contributed by atoms with van der Waals surface area (Å²) >= 11 is 0. The molecule has 6 heteroatoms. The van der Waals surface area contributed by atoms with Gasteiger partial charge in [0.1, 0.15) is 11.6 Å². The van der Waals surface area contributed by atoms with Gasteiger partial charge >= 0.3 is 0 Å². The third-order valence-electron chi connectivity index (χ3n) is 3.74. The highest BCUT2D eigenvalue weighted by atomic mass is 19.1. The van der Waals surface area contributed by atoms with Crippen molar-refractivity contribution in [2.45, 2.75) is 12.5 Å². The van der Waals surface area contributed by atoms with E-state index in [9.17, 15) is 14.0 Å². The first-order valence-electron chi connectivity index (χ1n) is 7.65. The van der Waals surface area contributed by atoms with Crippen LogP contribution in [-0.2, 0) is 9.59 Å². The number of carbonyl (C=O) groups is 2. The molecule has 1 fully saturated rings. The van der Waals surface area contributed by atoms with E-state index < -0.39 is 0 Å². The lowest BCUT2D eigenvalue weighted by molar-refractivity contribution is -0.123. The van der Waals surface area contributed by atoms with Gasteiger partial charge < -0.3 is 15.0 Å². The summed E-state index contributed by atoms with van der Waals surface area (Å²) in [7, 11) is 0. The van der Waals surface area contributed by atoms with Gasteiger partial charge in [0.2, 0.25) is 5.91 Å². The molecule has 1 heterocycles. The standard InChI is InChI=1S/C18H17FN2O3/c19-13-6-8-15(9-7-13)21-11-14(10-18(21)23)20-17(22)12-24-16-4-2-1-3-5-16/h1-9,14H,10-12H2,(H,20,22)/t14-/m0/s1. The van der Waals surface area contributed by atoms with Crippen LogP contribution in [0.3, 0.4) is 0 Å². The molecule has 2 aromatic rings. The highest BCUT2D eigenvalue weighted by Crippen LogP contribution is 2.21. The molecule has 2 amide bonds. The van der Waals surface area contributed by atoms with Crippen molar-refractivity contribution in [2.24, 2.45) is 0 Å². The van der Waals surface area contributed by atoms with Gasteiger partial charge in [-0.05, 0) is 36.4 Å². The third kappa shape index (κ3) is 3.90. The monoisotopic (exact) mass is 328 g/mol. The number of nitrogens with zero attached hydrogens (tertiary/aromatic N) is 1. The van der Waals surface area contributed by atoms with E-state index in [0.717, 1.165) is 0 Å². The molecular formula is C18H17FN2O3. The van der Waals surface area contributed by atoms with Crippen molar-refractivity contribution >= 4 is 17.5 Å². The maximum Gasteiger partial charge on any atom is 0.258 e. The molecule has 1 aliphatic rings. The van der Waals surface area contributed by atoms with Gasteiger partial charge in [0.05, 0.1) is 6.04 Å². The molecule has 1 N–H and O–H groups in total. The number of anilines is 1. The molecule has 1 aliphatic heterocycles. The minimum absolute atomic E-state index is 0.101. The molecule has 3 rings (SSSR count). The Morgan fingerprint density at radius 1 is 1.17 bits per heavy atom. The van der Waals surface area contributed by atoms with Crippen LogP contribution in [0.1, 0.15) is 6.42 Å². The molecule has 24 heavy (non-hydrogen) atoms. The van der Waals surface area contributed by atoms with Gasteiger partial charge in [0.15, 0.2) is 6.61 Å². The lowest BCUT2D eigenvalue weighted by Crippen LogP contribution is -2.39. The number of para-hydroxylation sites is 1. The summed E-state index contributed by atoms with van der Waals surface area (Å²) < 4.78 is 18.3. The predicted molar refractivity (Wildman–Crippen MR) is 87.2 cm³/mol. The van der Waals surface area contributed by atoms with E-state index >= 15 is 0 Å². The molecule has 0 spiro atoms. The van der Waals surface area contributed by atoms with Crippen LogP contribution in [0.5, 0.6) is 5.75 Å². The summed E-state index contributed by atoms with van der Waals surface area (Å²) in [5.74, 6) is -0.120. The van der Waals surface area contributed by atoms with E-state index in [1.165, 1.54) is 12.1 Å². The average molecular weight is 328 g/mol. The lowest BCUT2D eigenvalue weighted by atomic mass is 10.2. The number of hydrogen-bond acceptors (Lipinski definition) is 3. The second-order valence-corrected chi connectivity index (χ2v) is 5.55. The van der Waals surface area contributed by atoms with Crippen LogP contribution in [0.25, 0.3) is 0 Å². The highest BCUT2D eigenvalue weighted by molar-refractivity contribution is 5.96. The molecule has 0 radical (unpaired) electrons. The number of amides is 2. The Morgan fingerprint density at radius 2 is 1.88 bits per heavy atom. The Bertz CT molecular complexity index is 719. The molecule has 0 aromatic heterocycles. The lowest BCUT2D eigenvalue weighted by Gasteiger charge is -2.17. The van der Waals surface area contributed by atoms with Crippen molar-refractivity contribution in [3.63, 3.8) is 0 Å². The van der Waals surface area contributed by atoms with Gasteiger partial charge in [-0.3, -0.25) is 9.59 Å². The second kappa shape index (κ2) is 7.12. The zero-order valence-electron chi connectivity index (χ0n) is 12.9. The van der Waals surface area contributed by atoms with Crippen molar-refractivity contribution in [3.8, 4) is 5.75 Å². The average Bonchev–Trinajstić information content (AvgIpc) is 2.95. The SMILES string of the molecule is O=C(COc1ccccc1)N[C@H]1CC(=O)N(c2ccc(F)cc2)C1. The molecule has 5 nitrogen and oxygen atoms in total. The van der Waals surface area contributed by atoms with Crippen LogP contribution in [0, 0.1) is 5.82 Å². The first-order chi connectivity index (χ1) is 11.6. The molecule has 1 saturated heterocycles. The fourth-order valence-corrected chi connectivity index (χ4v) is 2.61. The minimum Gasteiger partial charge on any atom is -0.484 e. The topological polar surface area (TPSA) is 58.6 Å². The highest BCUT2D eigenvalue weighted by Gasteiger charge is 2.31. The van der Waals surface area contributed by atoms with Crippen molar-refractivity contribution in [1.82, 2.24) is 5.32 Å². The van der Waals surface area contributed by atoms with Crippen LogP contribution < -0.4 is 15.0 Å². The quantitative estimate of drug-likeness (QED) is 0.915. The van der Waals surface area contributed by atoms with Crippen molar-refractivity contribution in [3.05, 3.63) is 60.4 Å². The van der Waals surface area contributed by atoms with E-state index in [1.54, 1.807) is 29.2 Å². The molecule has 0 bridgehead atoms. The van der Waals surface area contributed by atoms with E-state index in [4.69, 9.17) is 4.74 Å². The Kier molecular flexibility index (Phi) is 4.74. The molecule has 0 unspecified atom stereocenters. The zero-order chi connectivity index (χ0) is 16.9.